The topological polar surface area (TPSA) is 6.48 Å². The summed E-state index contributed by atoms with van der Waals surface area (Å²) < 4.78 is 0. The van der Waals surface area contributed by atoms with Crippen molar-refractivity contribution in [3.8, 4) is 0 Å². The summed E-state index contributed by atoms with van der Waals surface area (Å²) in [5.74, 6) is 2.71. The summed E-state index contributed by atoms with van der Waals surface area (Å²) in [5, 5.41) is 0.848. The summed E-state index contributed by atoms with van der Waals surface area (Å²) in [6.07, 6.45) is 7.79. The molecule has 3 aliphatic rings. The van der Waals surface area contributed by atoms with E-state index in [9.17, 15) is 0 Å². The van der Waals surface area contributed by atoms with Gasteiger partial charge in [0.2, 0.25) is 0 Å². The minimum absolute atomic E-state index is 0.848. The van der Waals surface area contributed by atoms with Crippen LogP contribution < -0.4 is 0 Å². The third-order valence-corrected chi connectivity index (χ3v) is 5.90. The van der Waals surface area contributed by atoms with Crippen molar-refractivity contribution in [2.24, 2.45) is 17.8 Å². The third kappa shape index (κ3) is 3.24. The van der Waals surface area contributed by atoms with Gasteiger partial charge in [-0.2, -0.15) is 0 Å². The molecule has 0 amide bonds. The predicted molar refractivity (Wildman–Crippen MR) is 92.0 cm³/mol. The van der Waals surface area contributed by atoms with Gasteiger partial charge in [0.05, 0.1) is 0 Å². The molecule has 0 aromatic heterocycles. The van der Waals surface area contributed by atoms with E-state index in [1.54, 1.807) is 0 Å². The molecule has 1 saturated carbocycles. The lowest BCUT2D eigenvalue weighted by atomic mass is 9.93. The Morgan fingerprint density at radius 1 is 1.00 bits per heavy atom. The molecule has 1 aromatic carbocycles. The van der Waals surface area contributed by atoms with E-state index in [4.69, 9.17) is 11.6 Å². The van der Waals surface area contributed by atoms with Gasteiger partial charge in [0.25, 0.3) is 0 Å². The molecule has 22 heavy (non-hydrogen) atoms. The molecular weight excluding hydrogens is 292 g/mol. The van der Waals surface area contributed by atoms with Crippen LogP contribution in [0, 0.1) is 17.8 Å². The first-order chi connectivity index (χ1) is 10.8. The van der Waals surface area contributed by atoms with E-state index in [0.29, 0.717) is 0 Å². The van der Waals surface area contributed by atoms with Crippen LogP contribution in [0.3, 0.4) is 0 Å². The van der Waals surface area contributed by atoms with Crippen molar-refractivity contribution in [2.75, 3.05) is 32.7 Å². The minimum atomic E-state index is 0.848. The molecule has 0 spiro atoms. The van der Waals surface area contributed by atoms with Crippen LogP contribution in [0.15, 0.2) is 36.4 Å². The highest BCUT2D eigenvalue weighted by Gasteiger charge is 2.36. The molecule has 3 unspecified atom stereocenters. The van der Waals surface area contributed by atoms with Gasteiger partial charge < -0.3 is 4.90 Å². The van der Waals surface area contributed by atoms with Crippen LogP contribution in [0.2, 0.25) is 5.02 Å². The Labute approximate surface area is 138 Å². The van der Waals surface area contributed by atoms with Gasteiger partial charge in [0.15, 0.2) is 0 Å². The van der Waals surface area contributed by atoms with E-state index in [-0.39, 0.29) is 0 Å². The molecule has 2 aliphatic carbocycles. The van der Waals surface area contributed by atoms with Gasteiger partial charge in [-0.05, 0) is 48.3 Å². The van der Waals surface area contributed by atoms with Crippen LogP contribution >= 0.6 is 11.6 Å². The fraction of sp³-hybridized carbons (Fsp3) is 0.579. The van der Waals surface area contributed by atoms with Gasteiger partial charge in [-0.15, -0.1) is 0 Å². The van der Waals surface area contributed by atoms with Crippen LogP contribution in [0.25, 0.3) is 0 Å². The van der Waals surface area contributed by atoms with Crippen molar-refractivity contribution in [3.63, 3.8) is 0 Å². The van der Waals surface area contributed by atoms with Crippen molar-refractivity contribution in [1.29, 1.82) is 0 Å². The number of halogens is 1. The Morgan fingerprint density at radius 2 is 1.82 bits per heavy atom. The van der Waals surface area contributed by atoms with E-state index in [2.05, 4.69) is 40.2 Å². The number of hydrogen-bond donors (Lipinski definition) is 0. The number of fused-ring (bicyclic) bond motifs is 2. The second-order valence-electron chi connectivity index (χ2n) is 7.25. The summed E-state index contributed by atoms with van der Waals surface area (Å²) in [6, 6.07) is 8.28. The summed E-state index contributed by atoms with van der Waals surface area (Å²) in [4.78, 5) is 5.25. The van der Waals surface area contributed by atoms with Gasteiger partial charge in [0, 0.05) is 44.3 Å². The Balaban J connectivity index is 1.25. The second kappa shape index (κ2) is 6.35. The minimum Gasteiger partial charge on any atom is -0.300 e. The van der Waals surface area contributed by atoms with Gasteiger partial charge in [0.1, 0.15) is 0 Å². The fourth-order valence-corrected chi connectivity index (χ4v) is 4.67. The smallest absolute Gasteiger partial charge is 0.0409 e. The van der Waals surface area contributed by atoms with Gasteiger partial charge in [-0.1, -0.05) is 35.9 Å². The van der Waals surface area contributed by atoms with E-state index in [0.717, 1.165) is 29.3 Å². The maximum atomic E-state index is 6.08. The molecule has 3 atom stereocenters. The lowest BCUT2D eigenvalue weighted by molar-refractivity contribution is 0.108. The maximum absolute atomic E-state index is 6.08. The Hall–Kier alpha value is -0.830. The maximum Gasteiger partial charge on any atom is 0.0409 e. The van der Waals surface area contributed by atoms with Crippen molar-refractivity contribution < 1.29 is 0 Å². The average molecular weight is 317 g/mol. The summed E-state index contributed by atoms with van der Waals surface area (Å²) in [5.41, 5.74) is 1.33. The molecule has 2 fully saturated rings. The zero-order chi connectivity index (χ0) is 14.9. The largest absolute Gasteiger partial charge is 0.300 e. The standard InChI is InChI=1S/C19H25ClN2/c20-19-3-1-2-16(12-19)13-21-6-8-22(9-7-21)14-18-11-15-4-5-17(18)10-15/h1-5,12,15,17-18H,6-11,13-14H2. The molecule has 3 heteroatoms. The molecule has 1 aromatic rings. The highest BCUT2D eigenvalue weighted by atomic mass is 35.5. The first-order valence-corrected chi connectivity index (χ1v) is 9.01. The molecule has 2 bridgehead atoms. The molecule has 2 nitrogen and oxygen atoms in total. The normalized spacial score (nSPS) is 32.0. The summed E-state index contributed by atoms with van der Waals surface area (Å²) in [6.45, 7) is 7.16. The molecule has 118 valence electrons. The van der Waals surface area contributed by atoms with Crippen LogP contribution in [-0.4, -0.2) is 42.5 Å². The number of hydrogen-bond acceptors (Lipinski definition) is 2. The summed E-state index contributed by atoms with van der Waals surface area (Å²) >= 11 is 6.08. The lowest BCUT2D eigenvalue weighted by Crippen LogP contribution is -2.47. The fourth-order valence-electron chi connectivity index (χ4n) is 4.46. The molecule has 1 aliphatic heterocycles. The zero-order valence-corrected chi connectivity index (χ0v) is 13.9. The number of allylic oxidation sites excluding steroid dienone is 2. The molecule has 1 saturated heterocycles. The van der Waals surface area contributed by atoms with Crippen LogP contribution in [-0.2, 0) is 6.54 Å². The second-order valence-corrected chi connectivity index (χ2v) is 7.68. The van der Waals surface area contributed by atoms with Crippen LogP contribution in [0.4, 0.5) is 0 Å². The van der Waals surface area contributed by atoms with Crippen molar-refractivity contribution in [3.05, 3.63) is 47.0 Å². The predicted octanol–water partition coefficient (Wildman–Crippen LogP) is 3.67. The average Bonchev–Trinajstić information content (AvgIpc) is 3.12. The first-order valence-electron chi connectivity index (χ1n) is 8.64. The van der Waals surface area contributed by atoms with Gasteiger partial charge in [-0.3, -0.25) is 4.90 Å². The SMILES string of the molecule is Clc1cccc(CN2CCN(CC3CC4C=CC3C4)CC2)c1. The van der Waals surface area contributed by atoms with Gasteiger partial charge in [-0.25, -0.2) is 0 Å². The molecule has 1 heterocycles. The quantitative estimate of drug-likeness (QED) is 0.782. The van der Waals surface area contributed by atoms with Crippen molar-refractivity contribution in [1.82, 2.24) is 9.80 Å². The van der Waals surface area contributed by atoms with E-state index < -0.39 is 0 Å². The number of nitrogens with zero attached hydrogens (tertiary/aromatic N) is 2. The van der Waals surface area contributed by atoms with Crippen molar-refractivity contribution >= 4 is 11.6 Å². The molecule has 4 rings (SSSR count). The first kappa shape index (κ1) is 14.7. The van der Waals surface area contributed by atoms with Crippen molar-refractivity contribution in [2.45, 2.75) is 19.4 Å². The number of benzene rings is 1. The van der Waals surface area contributed by atoms with E-state index in [1.807, 2.05) is 6.07 Å². The molecular formula is C19H25ClN2. The molecule has 0 radical (unpaired) electrons. The Kier molecular flexibility index (Phi) is 4.25. The summed E-state index contributed by atoms with van der Waals surface area (Å²) in [7, 11) is 0. The van der Waals surface area contributed by atoms with Crippen LogP contribution in [0.5, 0.6) is 0 Å². The van der Waals surface area contributed by atoms with Crippen LogP contribution in [0.1, 0.15) is 18.4 Å². The Bertz CT molecular complexity index is 548. The van der Waals surface area contributed by atoms with E-state index in [1.165, 1.54) is 51.1 Å². The molecule has 0 N–H and O–H groups in total. The Morgan fingerprint density at radius 3 is 2.50 bits per heavy atom. The zero-order valence-electron chi connectivity index (χ0n) is 13.1. The monoisotopic (exact) mass is 316 g/mol. The number of rotatable bonds is 4. The number of piperazine rings is 1. The van der Waals surface area contributed by atoms with E-state index >= 15 is 0 Å². The highest BCUT2D eigenvalue weighted by molar-refractivity contribution is 6.30. The third-order valence-electron chi connectivity index (χ3n) is 5.67. The lowest BCUT2D eigenvalue weighted by Gasteiger charge is -2.37. The highest BCUT2D eigenvalue weighted by Crippen LogP contribution is 2.43. The van der Waals surface area contributed by atoms with Gasteiger partial charge >= 0.3 is 0 Å².